The highest BCUT2D eigenvalue weighted by molar-refractivity contribution is 7.89. The molecule has 0 spiro atoms. The van der Waals surface area contributed by atoms with Crippen LogP contribution >= 0.6 is 12.4 Å². The van der Waals surface area contributed by atoms with Crippen molar-refractivity contribution in [1.29, 1.82) is 0 Å². The number of ether oxygens (including phenoxy) is 1. The van der Waals surface area contributed by atoms with Crippen LogP contribution in [0.3, 0.4) is 0 Å². The second-order valence-corrected chi connectivity index (χ2v) is 8.11. The molecule has 0 bridgehead atoms. The first-order valence-electron chi connectivity index (χ1n) is 7.20. The van der Waals surface area contributed by atoms with Gasteiger partial charge in [0.2, 0.25) is 10.0 Å². The quantitative estimate of drug-likeness (QED) is 0.766. The Morgan fingerprint density at radius 2 is 1.86 bits per heavy atom. The molecule has 6 nitrogen and oxygen atoms in total. The van der Waals surface area contributed by atoms with Gasteiger partial charge in [-0.2, -0.15) is 4.31 Å². The summed E-state index contributed by atoms with van der Waals surface area (Å²) in [5.74, 6) is -0.786. The Bertz CT molecular complexity index is 461. The summed E-state index contributed by atoms with van der Waals surface area (Å²) in [6.07, 6.45) is 2.84. The second-order valence-electron chi connectivity index (χ2n) is 5.96. The number of hydrogen-bond acceptors (Lipinski definition) is 5. The third-order valence-corrected chi connectivity index (χ3v) is 6.93. The summed E-state index contributed by atoms with van der Waals surface area (Å²) in [6.45, 7) is 2.76. The first kappa shape index (κ1) is 18.7. The predicted molar refractivity (Wildman–Crippen MR) is 82.6 cm³/mol. The number of methoxy groups -OCH3 is 1. The van der Waals surface area contributed by atoms with Gasteiger partial charge in [-0.05, 0) is 18.8 Å². The van der Waals surface area contributed by atoms with Gasteiger partial charge in [0.1, 0.15) is 0 Å². The molecule has 0 aromatic carbocycles. The molecule has 1 aliphatic heterocycles. The molecule has 0 aromatic rings. The van der Waals surface area contributed by atoms with Crippen LogP contribution < -0.4 is 5.73 Å². The maximum absolute atomic E-state index is 12.8. The van der Waals surface area contributed by atoms with E-state index in [0.717, 1.165) is 12.8 Å². The fourth-order valence-corrected chi connectivity index (χ4v) is 5.55. The Labute approximate surface area is 132 Å². The highest BCUT2D eigenvalue weighted by Crippen LogP contribution is 2.34. The first-order chi connectivity index (χ1) is 9.37. The van der Waals surface area contributed by atoms with E-state index in [0.29, 0.717) is 25.9 Å². The maximum atomic E-state index is 12.8. The number of nitrogens with two attached hydrogens (primary N) is 1. The van der Waals surface area contributed by atoms with Crippen molar-refractivity contribution in [3.8, 4) is 0 Å². The first-order valence-corrected chi connectivity index (χ1v) is 8.70. The van der Waals surface area contributed by atoms with Crippen LogP contribution in [0, 0.1) is 11.8 Å². The number of halogens is 1. The van der Waals surface area contributed by atoms with Gasteiger partial charge in [-0.15, -0.1) is 12.4 Å². The molecule has 0 amide bonds. The number of carbonyl (C=O) groups is 1. The van der Waals surface area contributed by atoms with E-state index < -0.39 is 27.2 Å². The molecule has 124 valence electrons. The summed E-state index contributed by atoms with van der Waals surface area (Å²) in [7, 11) is -2.17. The van der Waals surface area contributed by atoms with E-state index in [9.17, 15) is 13.2 Å². The van der Waals surface area contributed by atoms with Crippen LogP contribution in [0.25, 0.3) is 0 Å². The lowest BCUT2D eigenvalue weighted by Gasteiger charge is -2.32. The molecular weight excluding hydrogens is 316 g/mol. The maximum Gasteiger partial charge on any atom is 0.310 e. The van der Waals surface area contributed by atoms with Gasteiger partial charge in [-0.1, -0.05) is 19.8 Å². The molecule has 8 heteroatoms. The molecular formula is C13H25ClN2O4S. The van der Waals surface area contributed by atoms with Crippen molar-refractivity contribution in [3.63, 3.8) is 0 Å². The van der Waals surface area contributed by atoms with Crippen molar-refractivity contribution < 1.29 is 17.9 Å². The lowest BCUT2D eigenvalue weighted by molar-refractivity contribution is -0.146. The average molecular weight is 341 g/mol. The van der Waals surface area contributed by atoms with Gasteiger partial charge < -0.3 is 10.5 Å². The highest BCUT2D eigenvalue weighted by Gasteiger charge is 2.45. The smallest absolute Gasteiger partial charge is 0.310 e. The van der Waals surface area contributed by atoms with E-state index in [1.54, 1.807) is 0 Å². The number of esters is 1. The topological polar surface area (TPSA) is 89.7 Å². The Hall–Kier alpha value is -0.370. The van der Waals surface area contributed by atoms with Crippen LogP contribution in [0.15, 0.2) is 0 Å². The largest absolute Gasteiger partial charge is 0.469 e. The number of rotatable bonds is 3. The van der Waals surface area contributed by atoms with Gasteiger partial charge in [0.15, 0.2) is 0 Å². The number of sulfonamides is 1. The highest BCUT2D eigenvalue weighted by atomic mass is 35.5. The summed E-state index contributed by atoms with van der Waals surface area (Å²) in [4.78, 5) is 11.8. The van der Waals surface area contributed by atoms with Crippen molar-refractivity contribution in [2.45, 2.75) is 43.9 Å². The number of carbonyl (C=O) groups excluding carboxylic acids is 1. The van der Waals surface area contributed by atoms with Crippen LogP contribution in [0.2, 0.25) is 0 Å². The minimum Gasteiger partial charge on any atom is -0.469 e. The third kappa shape index (κ3) is 3.70. The molecule has 2 rings (SSSR count). The Balaban J connectivity index is 0.00000220. The fourth-order valence-electron chi connectivity index (χ4n) is 3.22. The molecule has 1 saturated heterocycles. The van der Waals surface area contributed by atoms with E-state index >= 15 is 0 Å². The lowest BCUT2D eigenvalue weighted by Crippen LogP contribution is -2.46. The van der Waals surface area contributed by atoms with E-state index in [1.807, 2.05) is 6.92 Å². The zero-order chi connectivity index (χ0) is 14.9. The summed E-state index contributed by atoms with van der Waals surface area (Å²) < 4.78 is 31.8. The standard InChI is InChI=1S/C13H24N2O4S.ClH/c1-9-7-15(8-11(9)14)20(17,18)12-6-4-3-5-10(12)13(16)19-2;/h9-12H,3-8,14H2,1-2H3;1H. The Morgan fingerprint density at radius 1 is 1.24 bits per heavy atom. The van der Waals surface area contributed by atoms with E-state index in [4.69, 9.17) is 10.5 Å². The van der Waals surface area contributed by atoms with E-state index in [2.05, 4.69) is 0 Å². The van der Waals surface area contributed by atoms with Gasteiger partial charge in [-0.25, -0.2) is 8.42 Å². The summed E-state index contributed by atoms with van der Waals surface area (Å²) in [6, 6.07) is -0.120. The molecule has 2 N–H and O–H groups in total. The van der Waals surface area contributed by atoms with Gasteiger partial charge >= 0.3 is 5.97 Å². The lowest BCUT2D eigenvalue weighted by atomic mass is 9.89. The summed E-state index contributed by atoms with van der Waals surface area (Å²) >= 11 is 0. The van der Waals surface area contributed by atoms with Gasteiger partial charge in [0, 0.05) is 19.1 Å². The van der Waals surface area contributed by atoms with Crippen LogP contribution in [0.5, 0.6) is 0 Å². The molecule has 2 aliphatic rings. The van der Waals surface area contributed by atoms with Crippen LogP contribution in [-0.2, 0) is 19.6 Å². The monoisotopic (exact) mass is 340 g/mol. The van der Waals surface area contributed by atoms with Gasteiger partial charge in [0.25, 0.3) is 0 Å². The minimum atomic E-state index is -3.48. The average Bonchev–Trinajstić information content (AvgIpc) is 2.78. The predicted octanol–water partition coefficient (Wildman–Crippen LogP) is 0.749. The minimum absolute atomic E-state index is 0. The molecule has 4 unspecified atom stereocenters. The summed E-state index contributed by atoms with van der Waals surface area (Å²) in [5, 5.41) is -0.652. The fraction of sp³-hybridized carbons (Fsp3) is 0.923. The molecule has 1 aliphatic carbocycles. The van der Waals surface area contributed by atoms with Crippen LogP contribution in [0.4, 0.5) is 0 Å². The third-order valence-electron chi connectivity index (χ3n) is 4.59. The van der Waals surface area contributed by atoms with Crippen molar-refractivity contribution in [1.82, 2.24) is 4.31 Å². The summed E-state index contributed by atoms with van der Waals surface area (Å²) in [5.41, 5.74) is 5.92. The molecule has 2 fully saturated rings. The van der Waals surface area contributed by atoms with Crippen molar-refractivity contribution in [2.75, 3.05) is 20.2 Å². The van der Waals surface area contributed by atoms with Crippen molar-refractivity contribution in [2.24, 2.45) is 17.6 Å². The van der Waals surface area contributed by atoms with Gasteiger partial charge in [0.05, 0.1) is 18.3 Å². The Kier molecular flexibility index (Phi) is 6.46. The normalized spacial score (nSPS) is 34.2. The Morgan fingerprint density at radius 3 is 2.38 bits per heavy atom. The molecule has 21 heavy (non-hydrogen) atoms. The SMILES string of the molecule is COC(=O)C1CCCCC1S(=O)(=O)N1CC(C)C(N)C1.Cl. The van der Waals surface area contributed by atoms with Crippen molar-refractivity contribution >= 4 is 28.4 Å². The molecule has 1 heterocycles. The van der Waals surface area contributed by atoms with E-state index in [1.165, 1.54) is 11.4 Å². The molecule has 1 saturated carbocycles. The van der Waals surface area contributed by atoms with Gasteiger partial charge in [-0.3, -0.25) is 4.79 Å². The van der Waals surface area contributed by atoms with Crippen molar-refractivity contribution in [3.05, 3.63) is 0 Å². The second kappa shape index (κ2) is 7.26. The zero-order valence-corrected chi connectivity index (χ0v) is 14.2. The molecule has 0 aromatic heterocycles. The zero-order valence-electron chi connectivity index (χ0n) is 12.5. The van der Waals surface area contributed by atoms with Crippen LogP contribution in [0.1, 0.15) is 32.6 Å². The van der Waals surface area contributed by atoms with Crippen LogP contribution in [-0.4, -0.2) is 50.2 Å². The van der Waals surface area contributed by atoms with E-state index in [-0.39, 0.29) is 24.4 Å². The molecule has 4 atom stereocenters. The number of nitrogens with zero attached hydrogens (tertiary/aromatic N) is 1. The molecule has 0 radical (unpaired) electrons. The number of hydrogen-bond donors (Lipinski definition) is 1.